The summed E-state index contributed by atoms with van der Waals surface area (Å²) in [7, 11) is 2.14. The van der Waals surface area contributed by atoms with Gasteiger partial charge in [0.05, 0.1) is 0 Å². The fraction of sp³-hybridized carbons (Fsp3) is 0.423. The van der Waals surface area contributed by atoms with Gasteiger partial charge in [-0.1, -0.05) is 26.8 Å². The molecule has 0 radical (unpaired) electrons. The average Bonchev–Trinajstić information content (AvgIpc) is 3.10. The van der Waals surface area contributed by atoms with E-state index in [1.165, 1.54) is 11.1 Å². The van der Waals surface area contributed by atoms with E-state index >= 15 is 0 Å². The Balaban J connectivity index is 1.60. The SMILES string of the molecule is CC(C)n1c(=O)c2cnc(Nc3ccc4c(c3)CCN(C)C4)nc2n1-c1ccnc(C(C)(C)C)n1. The second kappa shape index (κ2) is 8.57. The van der Waals surface area contributed by atoms with Gasteiger partial charge in [-0.05, 0) is 50.6 Å². The summed E-state index contributed by atoms with van der Waals surface area (Å²) in [6, 6.07) is 8.09. The van der Waals surface area contributed by atoms with Crippen LogP contribution in [0.2, 0.25) is 0 Å². The van der Waals surface area contributed by atoms with E-state index in [-0.39, 0.29) is 17.0 Å². The van der Waals surface area contributed by atoms with Crippen LogP contribution in [-0.2, 0) is 18.4 Å². The molecule has 0 spiro atoms. The third-order valence-corrected chi connectivity index (χ3v) is 6.31. The molecule has 5 rings (SSSR count). The molecule has 1 aliphatic heterocycles. The molecule has 4 heterocycles. The van der Waals surface area contributed by atoms with E-state index < -0.39 is 0 Å². The van der Waals surface area contributed by atoms with Gasteiger partial charge in [0.2, 0.25) is 5.95 Å². The van der Waals surface area contributed by atoms with Crippen molar-refractivity contribution in [3.8, 4) is 5.82 Å². The molecule has 0 saturated carbocycles. The zero-order chi connectivity index (χ0) is 24.9. The van der Waals surface area contributed by atoms with E-state index in [0.717, 1.165) is 25.2 Å². The second-order valence-corrected chi connectivity index (χ2v) is 10.6. The largest absolute Gasteiger partial charge is 0.324 e. The van der Waals surface area contributed by atoms with Crippen molar-refractivity contribution >= 4 is 22.7 Å². The second-order valence-electron chi connectivity index (χ2n) is 10.6. The van der Waals surface area contributed by atoms with E-state index in [9.17, 15) is 4.79 Å². The lowest BCUT2D eigenvalue weighted by molar-refractivity contribution is 0.313. The van der Waals surface area contributed by atoms with Gasteiger partial charge in [0, 0.05) is 48.7 Å². The van der Waals surface area contributed by atoms with Crippen LogP contribution in [0.1, 0.15) is 57.6 Å². The summed E-state index contributed by atoms with van der Waals surface area (Å²) >= 11 is 0. The summed E-state index contributed by atoms with van der Waals surface area (Å²) in [6.45, 7) is 12.1. The Kier molecular flexibility index (Phi) is 5.67. The summed E-state index contributed by atoms with van der Waals surface area (Å²) in [6.07, 6.45) is 4.35. The maximum atomic E-state index is 13.3. The molecule has 0 saturated heterocycles. The summed E-state index contributed by atoms with van der Waals surface area (Å²) in [5.41, 5.74) is 3.76. The highest BCUT2D eigenvalue weighted by atomic mass is 16.1. The van der Waals surface area contributed by atoms with Crippen LogP contribution < -0.4 is 10.9 Å². The minimum absolute atomic E-state index is 0.0973. The number of rotatable bonds is 4. The Morgan fingerprint density at radius 1 is 1.06 bits per heavy atom. The van der Waals surface area contributed by atoms with Gasteiger partial charge >= 0.3 is 0 Å². The van der Waals surface area contributed by atoms with E-state index in [1.54, 1.807) is 21.8 Å². The van der Waals surface area contributed by atoms with Gasteiger partial charge < -0.3 is 10.2 Å². The maximum Gasteiger partial charge on any atom is 0.278 e. The molecular weight excluding hydrogens is 440 g/mol. The smallest absolute Gasteiger partial charge is 0.278 e. The van der Waals surface area contributed by atoms with E-state index in [0.29, 0.717) is 28.6 Å². The summed E-state index contributed by atoms with van der Waals surface area (Å²) < 4.78 is 3.46. The number of fused-ring (bicyclic) bond motifs is 2. The molecule has 3 aromatic heterocycles. The number of likely N-dealkylation sites (N-methyl/N-ethyl adjacent to an activating group) is 1. The van der Waals surface area contributed by atoms with Crippen molar-refractivity contribution < 1.29 is 0 Å². The first-order valence-electron chi connectivity index (χ1n) is 12.0. The predicted octanol–water partition coefficient (Wildman–Crippen LogP) is 3.98. The lowest BCUT2D eigenvalue weighted by atomic mass is 9.96. The molecule has 0 fully saturated rings. The van der Waals surface area contributed by atoms with E-state index in [4.69, 9.17) is 9.97 Å². The van der Waals surface area contributed by atoms with E-state index in [2.05, 4.69) is 66.2 Å². The minimum atomic E-state index is -0.231. The molecule has 182 valence electrons. The minimum Gasteiger partial charge on any atom is -0.324 e. The van der Waals surface area contributed by atoms with Crippen LogP contribution in [0.25, 0.3) is 16.9 Å². The number of nitrogens with one attached hydrogen (secondary N) is 1. The highest BCUT2D eigenvalue weighted by Gasteiger charge is 2.23. The standard InChI is InChI=1S/C26H32N8O/c1-16(2)33-23(35)20-14-28-25(29-19-8-7-18-15-32(6)12-10-17(18)13-19)31-22(20)34(33)21-9-11-27-24(30-21)26(3,4)5/h7-9,11,13-14,16H,10,12,15H2,1-6H3,(H,28,29,31). The molecule has 35 heavy (non-hydrogen) atoms. The molecule has 9 heteroatoms. The highest BCUT2D eigenvalue weighted by Crippen LogP contribution is 2.25. The van der Waals surface area contributed by atoms with Gasteiger partial charge in [0.15, 0.2) is 11.5 Å². The fourth-order valence-corrected chi connectivity index (χ4v) is 4.48. The average molecular weight is 473 g/mol. The van der Waals surface area contributed by atoms with Crippen LogP contribution in [-0.4, -0.2) is 47.8 Å². The van der Waals surface area contributed by atoms with Gasteiger partial charge in [-0.2, -0.15) is 4.98 Å². The summed E-state index contributed by atoms with van der Waals surface area (Å²) in [4.78, 5) is 34.1. The van der Waals surface area contributed by atoms with Crippen LogP contribution >= 0.6 is 0 Å². The summed E-state index contributed by atoms with van der Waals surface area (Å²) in [5.74, 6) is 1.74. The Morgan fingerprint density at radius 2 is 1.86 bits per heavy atom. The highest BCUT2D eigenvalue weighted by molar-refractivity contribution is 5.77. The number of hydrogen-bond acceptors (Lipinski definition) is 7. The molecular formula is C26H32N8O. The molecule has 0 atom stereocenters. The molecule has 0 bridgehead atoms. The van der Waals surface area contributed by atoms with Gasteiger partial charge in [0.25, 0.3) is 5.56 Å². The number of anilines is 2. The number of benzene rings is 1. The normalized spacial score (nSPS) is 14.5. The molecule has 1 aliphatic rings. The van der Waals surface area contributed by atoms with Gasteiger partial charge in [-0.25, -0.2) is 24.3 Å². The van der Waals surface area contributed by atoms with Gasteiger partial charge in [-0.15, -0.1) is 0 Å². The summed E-state index contributed by atoms with van der Waals surface area (Å²) in [5, 5.41) is 3.79. The van der Waals surface area contributed by atoms with Crippen molar-refractivity contribution in [3.05, 3.63) is 64.0 Å². The lowest BCUT2D eigenvalue weighted by Gasteiger charge is -2.25. The zero-order valence-electron chi connectivity index (χ0n) is 21.2. The van der Waals surface area contributed by atoms with Crippen LogP contribution in [0.3, 0.4) is 0 Å². The van der Waals surface area contributed by atoms with Crippen molar-refractivity contribution in [2.75, 3.05) is 18.9 Å². The number of aromatic nitrogens is 6. The first kappa shape index (κ1) is 23.2. The first-order chi connectivity index (χ1) is 16.6. The Morgan fingerprint density at radius 3 is 2.60 bits per heavy atom. The van der Waals surface area contributed by atoms with Crippen molar-refractivity contribution in [2.24, 2.45) is 0 Å². The van der Waals surface area contributed by atoms with Gasteiger partial charge in [-0.3, -0.25) is 4.79 Å². The van der Waals surface area contributed by atoms with Crippen molar-refractivity contribution in [2.45, 2.75) is 59.0 Å². The Bertz CT molecular complexity index is 1460. The molecule has 4 aromatic rings. The van der Waals surface area contributed by atoms with Crippen molar-refractivity contribution in [1.29, 1.82) is 0 Å². The van der Waals surface area contributed by atoms with Crippen LogP contribution in [0, 0.1) is 0 Å². The third-order valence-electron chi connectivity index (χ3n) is 6.31. The Hall–Kier alpha value is -3.59. The maximum absolute atomic E-state index is 13.3. The van der Waals surface area contributed by atoms with Crippen LogP contribution in [0.15, 0.2) is 41.5 Å². The quantitative estimate of drug-likeness (QED) is 0.480. The molecule has 0 unspecified atom stereocenters. The van der Waals surface area contributed by atoms with E-state index in [1.807, 2.05) is 19.9 Å². The zero-order valence-corrected chi connectivity index (χ0v) is 21.2. The topological polar surface area (TPSA) is 93.8 Å². The monoisotopic (exact) mass is 472 g/mol. The molecule has 1 aromatic carbocycles. The molecule has 9 nitrogen and oxygen atoms in total. The molecule has 0 aliphatic carbocycles. The predicted molar refractivity (Wildman–Crippen MR) is 138 cm³/mol. The molecule has 1 N–H and O–H groups in total. The van der Waals surface area contributed by atoms with Crippen molar-refractivity contribution in [1.82, 2.24) is 34.2 Å². The van der Waals surface area contributed by atoms with Gasteiger partial charge in [0.1, 0.15) is 11.2 Å². The number of nitrogens with zero attached hydrogens (tertiary/aromatic N) is 7. The fourth-order valence-electron chi connectivity index (χ4n) is 4.48. The van der Waals surface area contributed by atoms with Crippen molar-refractivity contribution in [3.63, 3.8) is 0 Å². The first-order valence-corrected chi connectivity index (χ1v) is 12.0. The lowest BCUT2D eigenvalue weighted by Crippen LogP contribution is -2.26. The Labute approximate surface area is 204 Å². The third kappa shape index (κ3) is 4.32. The van der Waals surface area contributed by atoms with Crippen LogP contribution in [0.4, 0.5) is 11.6 Å². The molecule has 0 amide bonds. The van der Waals surface area contributed by atoms with Crippen LogP contribution in [0.5, 0.6) is 0 Å². The number of hydrogen-bond donors (Lipinski definition) is 1.